The normalized spacial score (nSPS) is 11.2. The lowest BCUT2D eigenvalue weighted by atomic mass is 10.0. The van der Waals surface area contributed by atoms with E-state index in [9.17, 15) is 13.6 Å². The maximum absolute atomic E-state index is 14.2. The Labute approximate surface area is 167 Å². The summed E-state index contributed by atoms with van der Waals surface area (Å²) in [6, 6.07) is 16.7. The highest BCUT2D eigenvalue weighted by molar-refractivity contribution is 5.97. The third-order valence-electron chi connectivity index (χ3n) is 4.40. The van der Waals surface area contributed by atoms with Crippen molar-refractivity contribution < 1.29 is 23.4 Å². The fraction of sp³-hybridized carbons (Fsp3) is 0.174. The molecule has 0 aromatic heterocycles. The highest BCUT2D eigenvalue weighted by Crippen LogP contribution is 2.26. The SMILES string of the molecule is CC(C)(Oc1ccc(F)cc1)C(=O)Nc1ccc(-c2ccc(CO)cc2F)cc1. The second-order valence-electron chi connectivity index (χ2n) is 7.07. The largest absolute Gasteiger partial charge is 0.478 e. The van der Waals surface area contributed by atoms with Crippen LogP contribution in [0.15, 0.2) is 66.7 Å². The molecule has 29 heavy (non-hydrogen) atoms. The average Bonchev–Trinajstić information content (AvgIpc) is 2.70. The summed E-state index contributed by atoms with van der Waals surface area (Å²) < 4.78 is 32.9. The predicted octanol–water partition coefficient (Wildman–Crippen LogP) is 4.92. The molecule has 0 radical (unpaired) electrons. The molecule has 0 aliphatic carbocycles. The van der Waals surface area contributed by atoms with Crippen molar-refractivity contribution in [1.82, 2.24) is 0 Å². The van der Waals surface area contributed by atoms with Gasteiger partial charge in [0.15, 0.2) is 5.60 Å². The quantitative estimate of drug-likeness (QED) is 0.621. The van der Waals surface area contributed by atoms with Crippen LogP contribution in [0.3, 0.4) is 0 Å². The van der Waals surface area contributed by atoms with Crippen LogP contribution in [-0.2, 0) is 11.4 Å². The Bertz CT molecular complexity index is 1000. The number of benzene rings is 3. The molecule has 3 rings (SSSR count). The number of hydrogen-bond donors (Lipinski definition) is 2. The van der Waals surface area contributed by atoms with Gasteiger partial charge in [-0.1, -0.05) is 24.3 Å². The Morgan fingerprint density at radius 3 is 2.24 bits per heavy atom. The number of carbonyl (C=O) groups is 1. The molecule has 0 saturated carbocycles. The van der Waals surface area contributed by atoms with Crippen LogP contribution in [-0.4, -0.2) is 16.6 Å². The van der Waals surface area contributed by atoms with Gasteiger partial charge in [0.05, 0.1) is 6.61 Å². The molecule has 0 aliphatic rings. The molecule has 0 aliphatic heterocycles. The summed E-state index contributed by atoms with van der Waals surface area (Å²) in [6.07, 6.45) is 0. The highest BCUT2D eigenvalue weighted by Gasteiger charge is 2.30. The topological polar surface area (TPSA) is 58.6 Å². The van der Waals surface area contributed by atoms with Gasteiger partial charge in [-0.05, 0) is 67.4 Å². The van der Waals surface area contributed by atoms with Gasteiger partial charge < -0.3 is 15.2 Å². The number of nitrogens with one attached hydrogen (secondary N) is 1. The number of halogens is 2. The molecule has 0 atom stereocenters. The molecule has 6 heteroatoms. The molecule has 3 aromatic rings. The van der Waals surface area contributed by atoms with E-state index in [1.165, 1.54) is 30.3 Å². The summed E-state index contributed by atoms with van der Waals surface area (Å²) in [7, 11) is 0. The van der Waals surface area contributed by atoms with Crippen LogP contribution in [0.4, 0.5) is 14.5 Å². The third kappa shape index (κ3) is 4.97. The lowest BCUT2D eigenvalue weighted by molar-refractivity contribution is -0.128. The van der Waals surface area contributed by atoms with Crippen molar-refractivity contribution in [3.8, 4) is 16.9 Å². The van der Waals surface area contributed by atoms with Crippen molar-refractivity contribution in [1.29, 1.82) is 0 Å². The zero-order valence-electron chi connectivity index (χ0n) is 16.1. The van der Waals surface area contributed by atoms with Gasteiger partial charge in [-0.3, -0.25) is 4.79 Å². The zero-order valence-corrected chi connectivity index (χ0v) is 16.1. The summed E-state index contributed by atoms with van der Waals surface area (Å²) in [4.78, 5) is 12.6. The van der Waals surface area contributed by atoms with Crippen LogP contribution in [0.5, 0.6) is 5.75 Å². The number of anilines is 1. The van der Waals surface area contributed by atoms with Crippen LogP contribution in [0.1, 0.15) is 19.4 Å². The predicted molar refractivity (Wildman–Crippen MR) is 107 cm³/mol. The van der Waals surface area contributed by atoms with Gasteiger partial charge in [0.1, 0.15) is 17.4 Å². The van der Waals surface area contributed by atoms with Crippen LogP contribution >= 0.6 is 0 Å². The Morgan fingerprint density at radius 2 is 1.66 bits per heavy atom. The summed E-state index contributed by atoms with van der Waals surface area (Å²) in [5.41, 5.74) is 0.884. The first-order valence-corrected chi connectivity index (χ1v) is 9.04. The fourth-order valence-corrected chi connectivity index (χ4v) is 2.75. The highest BCUT2D eigenvalue weighted by atomic mass is 19.1. The van der Waals surface area contributed by atoms with E-state index in [4.69, 9.17) is 9.84 Å². The molecule has 0 bridgehead atoms. The van der Waals surface area contributed by atoms with Crippen molar-refractivity contribution in [2.75, 3.05) is 5.32 Å². The molecular weight excluding hydrogens is 376 g/mol. The summed E-state index contributed by atoms with van der Waals surface area (Å²) in [5.74, 6) is -0.818. The van der Waals surface area contributed by atoms with E-state index in [0.717, 1.165) is 0 Å². The number of amides is 1. The first kappa shape index (κ1) is 20.5. The standard InChI is InChI=1S/C23H21F2NO3/c1-23(2,29-19-10-6-17(24)7-11-19)22(28)26-18-8-4-16(5-9-18)20-12-3-15(14-27)13-21(20)25/h3-13,27H,14H2,1-2H3,(H,26,28). The number of hydrogen-bond acceptors (Lipinski definition) is 3. The maximum Gasteiger partial charge on any atom is 0.267 e. The van der Waals surface area contributed by atoms with Gasteiger partial charge in [0, 0.05) is 11.3 Å². The van der Waals surface area contributed by atoms with Crippen LogP contribution in [0.2, 0.25) is 0 Å². The number of aliphatic hydroxyl groups is 1. The number of aliphatic hydroxyl groups excluding tert-OH is 1. The van der Waals surface area contributed by atoms with Crippen molar-refractivity contribution in [3.63, 3.8) is 0 Å². The molecule has 4 nitrogen and oxygen atoms in total. The lowest BCUT2D eigenvalue weighted by Gasteiger charge is -2.25. The molecule has 0 spiro atoms. The van der Waals surface area contributed by atoms with Crippen molar-refractivity contribution >= 4 is 11.6 Å². The van der Waals surface area contributed by atoms with E-state index < -0.39 is 11.4 Å². The molecule has 0 fully saturated rings. The second-order valence-corrected chi connectivity index (χ2v) is 7.07. The van der Waals surface area contributed by atoms with Crippen molar-refractivity contribution in [3.05, 3.63) is 83.9 Å². The van der Waals surface area contributed by atoms with E-state index in [0.29, 0.717) is 28.1 Å². The minimum absolute atomic E-state index is 0.224. The monoisotopic (exact) mass is 397 g/mol. The minimum Gasteiger partial charge on any atom is -0.478 e. The summed E-state index contributed by atoms with van der Waals surface area (Å²) >= 11 is 0. The van der Waals surface area contributed by atoms with Gasteiger partial charge in [-0.2, -0.15) is 0 Å². The van der Waals surface area contributed by atoms with Crippen LogP contribution < -0.4 is 10.1 Å². The Kier molecular flexibility index (Phi) is 5.94. The van der Waals surface area contributed by atoms with Gasteiger partial charge in [0.2, 0.25) is 0 Å². The lowest BCUT2D eigenvalue weighted by Crippen LogP contribution is -2.42. The zero-order chi connectivity index (χ0) is 21.0. The Hall–Kier alpha value is -3.25. The molecule has 0 heterocycles. The molecule has 3 aromatic carbocycles. The second kappa shape index (κ2) is 8.41. The average molecular weight is 397 g/mol. The Balaban J connectivity index is 1.70. The van der Waals surface area contributed by atoms with E-state index in [2.05, 4.69) is 5.32 Å². The smallest absolute Gasteiger partial charge is 0.267 e. The molecule has 0 unspecified atom stereocenters. The summed E-state index contributed by atoms with van der Waals surface area (Å²) in [5, 5.41) is 11.8. The van der Waals surface area contributed by atoms with Gasteiger partial charge in [-0.15, -0.1) is 0 Å². The molecule has 0 saturated heterocycles. The molecule has 1 amide bonds. The number of carbonyl (C=O) groups excluding carboxylic acids is 1. The van der Waals surface area contributed by atoms with E-state index in [-0.39, 0.29) is 18.3 Å². The van der Waals surface area contributed by atoms with Crippen molar-refractivity contribution in [2.45, 2.75) is 26.1 Å². The summed E-state index contributed by atoms with van der Waals surface area (Å²) in [6.45, 7) is 2.99. The first-order valence-electron chi connectivity index (χ1n) is 9.04. The first-order chi connectivity index (χ1) is 13.8. The van der Waals surface area contributed by atoms with Crippen LogP contribution in [0.25, 0.3) is 11.1 Å². The number of rotatable bonds is 6. The molecular formula is C23H21F2NO3. The fourth-order valence-electron chi connectivity index (χ4n) is 2.75. The number of ether oxygens (including phenoxy) is 1. The third-order valence-corrected chi connectivity index (χ3v) is 4.40. The molecule has 2 N–H and O–H groups in total. The van der Waals surface area contributed by atoms with E-state index in [1.807, 2.05) is 0 Å². The van der Waals surface area contributed by atoms with Gasteiger partial charge in [0.25, 0.3) is 5.91 Å². The minimum atomic E-state index is -1.19. The van der Waals surface area contributed by atoms with E-state index in [1.54, 1.807) is 50.2 Å². The molecule has 150 valence electrons. The van der Waals surface area contributed by atoms with Gasteiger partial charge in [-0.25, -0.2) is 8.78 Å². The van der Waals surface area contributed by atoms with Gasteiger partial charge >= 0.3 is 0 Å². The Morgan fingerprint density at radius 1 is 1.00 bits per heavy atom. The van der Waals surface area contributed by atoms with E-state index >= 15 is 0 Å². The van der Waals surface area contributed by atoms with Crippen molar-refractivity contribution in [2.24, 2.45) is 0 Å². The van der Waals surface area contributed by atoms with Crippen LogP contribution in [0, 0.1) is 11.6 Å². The maximum atomic E-state index is 14.2.